The third kappa shape index (κ3) is 5.29. The van der Waals surface area contributed by atoms with Crippen LogP contribution in [0.5, 0.6) is 0 Å². The molecular formula is C14H21NO3. The Bertz CT molecular complexity index is 375. The number of esters is 1. The van der Waals surface area contributed by atoms with E-state index in [0.29, 0.717) is 6.54 Å². The summed E-state index contributed by atoms with van der Waals surface area (Å²) in [6.45, 7) is 3.25. The van der Waals surface area contributed by atoms with E-state index in [-0.39, 0.29) is 12.4 Å². The number of benzene rings is 1. The summed E-state index contributed by atoms with van der Waals surface area (Å²) in [5.74, 6) is -0.383. The summed E-state index contributed by atoms with van der Waals surface area (Å²) in [7, 11) is 3.24. The van der Waals surface area contributed by atoms with Crippen LogP contribution in [0.1, 0.15) is 17.5 Å². The second-order valence-corrected chi connectivity index (χ2v) is 4.62. The maximum Gasteiger partial charge on any atom is 0.308 e. The molecule has 0 saturated carbocycles. The number of aliphatic hydroxyl groups is 1. The van der Waals surface area contributed by atoms with E-state index < -0.39 is 6.10 Å². The fourth-order valence-corrected chi connectivity index (χ4v) is 1.77. The Labute approximate surface area is 108 Å². The largest absolute Gasteiger partial charge is 0.469 e. The Balaban J connectivity index is 2.39. The Kier molecular flexibility index (Phi) is 5.82. The van der Waals surface area contributed by atoms with Crippen molar-refractivity contribution >= 4 is 5.97 Å². The van der Waals surface area contributed by atoms with Crippen molar-refractivity contribution in [2.45, 2.75) is 26.0 Å². The van der Waals surface area contributed by atoms with Gasteiger partial charge in [0.15, 0.2) is 0 Å². The van der Waals surface area contributed by atoms with E-state index in [4.69, 9.17) is 0 Å². The van der Waals surface area contributed by atoms with Gasteiger partial charge in [0, 0.05) is 13.1 Å². The number of hydrogen-bond donors (Lipinski definition) is 1. The van der Waals surface area contributed by atoms with Crippen LogP contribution in [0.4, 0.5) is 0 Å². The van der Waals surface area contributed by atoms with Crippen LogP contribution < -0.4 is 0 Å². The number of ether oxygens (including phenoxy) is 1. The molecular weight excluding hydrogens is 230 g/mol. The SMILES string of the molecule is COC(=O)CC(O)CN(C)Cc1ccc(C)cc1. The molecule has 1 N–H and O–H groups in total. The molecule has 0 amide bonds. The van der Waals surface area contributed by atoms with Gasteiger partial charge in [-0.1, -0.05) is 29.8 Å². The second-order valence-electron chi connectivity index (χ2n) is 4.62. The number of nitrogens with zero attached hydrogens (tertiary/aromatic N) is 1. The molecule has 18 heavy (non-hydrogen) atoms. The summed E-state index contributed by atoms with van der Waals surface area (Å²) in [5.41, 5.74) is 2.42. The van der Waals surface area contributed by atoms with Gasteiger partial charge in [0.05, 0.1) is 19.6 Å². The molecule has 0 saturated heterocycles. The fourth-order valence-electron chi connectivity index (χ4n) is 1.77. The van der Waals surface area contributed by atoms with E-state index in [2.05, 4.69) is 29.0 Å². The van der Waals surface area contributed by atoms with Crippen molar-refractivity contribution in [3.05, 3.63) is 35.4 Å². The molecule has 0 aliphatic heterocycles. The molecule has 0 radical (unpaired) electrons. The maximum atomic E-state index is 11.0. The molecule has 0 aromatic heterocycles. The third-order valence-corrected chi connectivity index (χ3v) is 2.73. The molecule has 0 fully saturated rings. The number of aliphatic hydroxyl groups excluding tert-OH is 1. The zero-order valence-corrected chi connectivity index (χ0v) is 11.2. The molecule has 1 aromatic rings. The first-order chi connectivity index (χ1) is 8.51. The number of carbonyl (C=O) groups excluding carboxylic acids is 1. The number of aryl methyl sites for hydroxylation is 1. The minimum absolute atomic E-state index is 0.0364. The minimum Gasteiger partial charge on any atom is -0.469 e. The van der Waals surface area contributed by atoms with E-state index in [1.807, 2.05) is 18.9 Å². The van der Waals surface area contributed by atoms with Gasteiger partial charge in [-0.05, 0) is 19.5 Å². The molecule has 0 aliphatic rings. The van der Waals surface area contributed by atoms with E-state index in [1.54, 1.807) is 0 Å². The summed E-state index contributed by atoms with van der Waals surface area (Å²) in [6, 6.07) is 8.26. The summed E-state index contributed by atoms with van der Waals surface area (Å²) in [4.78, 5) is 13.0. The summed E-state index contributed by atoms with van der Waals surface area (Å²) in [6.07, 6.45) is -0.651. The highest BCUT2D eigenvalue weighted by molar-refractivity contribution is 5.69. The predicted molar refractivity (Wildman–Crippen MR) is 70.2 cm³/mol. The molecule has 1 unspecified atom stereocenters. The highest BCUT2D eigenvalue weighted by atomic mass is 16.5. The van der Waals surface area contributed by atoms with Crippen molar-refractivity contribution in [3.8, 4) is 0 Å². The van der Waals surface area contributed by atoms with Gasteiger partial charge in [-0.15, -0.1) is 0 Å². The minimum atomic E-state index is -0.687. The number of rotatable bonds is 6. The van der Waals surface area contributed by atoms with Crippen molar-refractivity contribution in [2.24, 2.45) is 0 Å². The Morgan fingerprint density at radius 1 is 1.39 bits per heavy atom. The normalized spacial score (nSPS) is 12.5. The zero-order valence-electron chi connectivity index (χ0n) is 11.2. The Morgan fingerprint density at radius 2 is 2.00 bits per heavy atom. The fraction of sp³-hybridized carbons (Fsp3) is 0.500. The first-order valence-electron chi connectivity index (χ1n) is 6.00. The third-order valence-electron chi connectivity index (χ3n) is 2.73. The number of likely N-dealkylation sites (N-methyl/N-ethyl adjacent to an activating group) is 1. The molecule has 0 bridgehead atoms. The first kappa shape index (κ1) is 14.7. The van der Waals surface area contributed by atoms with E-state index in [9.17, 15) is 9.90 Å². The van der Waals surface area contributed by atoms with Crippen LogP contribution in [0.3, 0.4) is 0 Å². The van der Waals surface area contributed by atoms with E-state index in [0.717, 1.165) is 6.54 Å². The summed E-state index contributed by atoms with van der Waals surface area (Å²) in [5, 5.41) is 9.70. The van der Waals surface area contributed by atoms with Crippen LogP contribution >= 0.6 is 0 Å². The monoisotopic (exact) mass is 251 g/mol. The molecule has 1 aromatic carbocycles. The number of methoxy groups -OCH3 is 1. The van der Waals surface area contributed by atoms with Crippen LogP contribution in [0.15, 0.2) is 24.3 Å². The average molecular weight is 251 g/mol. The van der Waals surface area contributed by atoms with Gasteiger partial charge in [-0.2, -0.15) is 0 Å². The average Bonchev–Trinajstić information content (AvgIpc) is 2.31. The van der Waals surface area contributed by atoms with E-state index >= 15 is 0 Å². The quantitative estimate of drug-likeness (QED) is 0.775. The van der Waals surface area contributed by atoms with Crippen molar-refractivity contribution in [1.29, 1.82) is 0 Å². The molecule has 4 nitrogen and oxygen atoms in total. The molecule has 1 atom stereocenters. The van der Waals surface area contributed by atoms with Crippen LogP contribution in [-0.4, -0.2) is 42.8 Å². The smallest absolute Gasteiger partial charge is 0.308 e. The van der Waals surface area contributed by atoms with Gasteiger partial charge in [0.2, 0.25) is 0 Å². The lowest BCUT2D eigenvalue weighted by Crippen LogP contribution is -2.30. The van der Waals surface area contributed by atoms with Crippen LogP contribution in [0.25, 0.3) is 0 Å². The summed E-state index contributed by atoms with van der Waals surface area (Å²) < 4.78 is 4.52. The molecule has 4 heteroatoms. The van der Waals surface area contributed by atoms with Gasteiger partial charge >= 0.3 is 5.97 Å². The lowest BCUT2D eigenvalue weighted by molar-refractivity contribution is -0.143. The molecule has 0 aliphatic carbocycles. The topological polar surface area (TPSA) is 49.8 Å². The van der Waals surface area contributed by atoms with Gasteiger partial charge in [0.1, 0.15) is 0 Å². The molecule has 0 spiro atoms. The Morgan fingerprint density at radius 3 is 2.56 bits per heavy atom. The molecule has 1 rings (SSSR count). The van der Waals surface area contributed by atoms with Crippen LogP contribution in [0.2, 0.25) is 0 Å². The van der Waals surface area contributed by atoms with Crippen molar-refractivity contribution < 1.29 is 14.6 Å². The Hall–Kier alpha value is -1.39. The molecule has 0 heterocycles. The van der Waals surface area contributed by atoms with Crippen molar-refractivity contribution in [1.82, 2.24) is 4.90 Å². The van der Waals surface area contributed by atoms with Crippen molar-refractivity contribution in [2.75, 3.05) is 20.7 Å². The lowest BCUT2D eigenvalue weighted by atomic mass is 10.1. The molecule has 100 valence electrons. The highest BCUT2D eigenvalue weighted by Gasteiger charge is 2.13. The lowest BCUT2D eigenvalue weighted by Gasteiger charge is -2.20. The zero-order chi connectivity index (χ0) is 13.5. The number of hydrogen-bond acceptors (Lipinski definition) is 4. The van der Waals surface area contributed by atoms with Crippen LogP contribution in [0, 0.1) is 6.92 Å². The summed E-state index contributed by atoms with van der Waals surface area (Å²) >= 11 is 0. The van der Waals surface area contributed by atoms with Gasteiger partial charge in [0.25, 0.3) is 0 Å². The second kappa shape index (κ2) is 7.13. The highest BCUT2D eigenvalue weighted by Crippen LogP contribution is 2.07. The predicted octanol–water partition coefficient (Wildman–Crippen LogP) is 1.35. The van der Waals surface area contributed by atoms with E-state index in [1.165, 1.54) is 18.2 Å². The van der Waals surface area contributed by atoms with Gasteiger partial charge in [-0.3, -0.25) is 9.69 Å². The number of carbonyl (C=O) groups is 1. The van der Waals surface area contributed by atoms with Gasteiger partial charge < -0.3 is 9.84 Å². The standard InChI is InChI=1S/C14H21NO3/c1-11-4-6-12(7-5-11)9-15(2)10-13(16)8-14(17)18-3/h4-7,13,16H,8-10H2,1-3H3. The first-order valence-corrected chi connectivity index (χ1v) is 6.00. The maximum absolute atomic E-state index is 11.0. The van der Waals surface area contributed by atoms with Crippen molar-refractivity contribution in [3.63, 3.8) is 0 Å². The van der Waals surface area contributed by atoms with Crippen LogP contribution in [-0.2, 0) is 16.1 Å². The van der Waals surface area contributed by atoms with Gasteiger partial charge in [-0.25, -0.2) is 0 Å².